The van der Waals surface area contributed by atoms with E-state index < -0.39 is 60.6 Å². The molecular formula is C25H39BrN2O13. The van der Waals surface area contributed by atoms with Gasteiger partial charge in [0.15, 0.2) is 0 Å². The number of hydrogen-bond acceptors (Lipinski definition) is 14. The summed E-state index contributed by atoms with van der Waals surface area (Å²) in [5, 5.41) is 76.7. The molecule has 10 N–H and O–H groups in total. The highest BCUT2D eigenvalue weighted by molar-refractivity contribution is 9.10. The number of amides is 1. The Hall–Kier alpha value is -2.38. The average molecular weight is 655 g/mol. The van der Waals surface area contributed by atoms with E-state index in [0.29, 0.717) is 15.4 Å². The minimum absolute atomic E-state index is 0.0905. The van der Waals surface area contributed by atoms with Crippen LogP contribution in [-0.2, 0) is 16.2 Å². The summed E-state index contributed by atoms with van der Waals surface area (Å²) in [4.78, 5) is 28.7. The first-order valence-electron chi connectivity index (χ1n) is 12.6. The van der Waals surface area contributed by atoms with Crippen molar-refractivity contribution < 1.29 is 59.6 Å². The Morgan fingerprint density at radius 3 is 1.95 bits per heavy atom. The number of hydrogen-bond donors (Lipinski definition) is 10. The van der Waals surface area contributed by atoms with Crippen LogP contribution in [0.25, 0.3) is 11.0 Å². The summed E-state index contributed by atoms with van der Waals surface area (Å²) >= 11 is 3.18. The maximum Gasteiger partial charge on any atom is 0.407 e. The molecule has 0 radical (unpaired) electrons. The van der Waals surface area contributed by atoms with Crippen LogP contribution in [0.15, 0.2) is 31.9 Å². The molecule has 0 aliphatic rings. The van der Waals surface area contributed by atoms with Crippen LogP contribution < -0.4 is 16.4 Å². The molecule has 1 amide bonds. The minimum Gasteiger partial charge on any atom is -0.507 e. The Morgan fingerprint density at radius 1 is 0.878 bits per heavy atom. The number of aliphatic hydroxyl groups is 7. The van der Waals surface area contributed by atoms with Crippen molar-refractivity contribution in [2.24, 2.45) is 0 Å². The predicted molar refractivity (Wildman–Crippen MR) is 148 cm³/mol. The Morgan fingerprint density at radius 2 is 1.44 bits per heavy atom. The molecule has 8 atom stereocenters. The van der Waals surface area contributed by atoms with Gasteiger partial charge in [-0.2, -0.15) is 0 Å². The van der Waals surface area contributed by atoms with Crippen molar-refractivity contribution in [3.8, 4) is 5.75 Å². The first-order chi connectivity index (χ1) is 19.1. The maximum atomic E-state index is 11.9. The number of fused-ring (bicyclic) bond motifs is 1. The Balaban J connectivity index is 0.000000716. The van der Waals surface area contributed by atoms with E-state index in [1.807, 2.05) is 0 Å². The zero-order valence-corrected chi connectivity index (χ0v) is 24.6. The molecule has 234 valence electrons. The van der Waals surface area contributed by atoms with E-state index in [1.54, 1.807) is 6.07 Å². The van der Waals surface area contributed by atoms with Gasteiger partial charge in [0.2, 0.25) is 0 Å². The van der Waals surface area contributed by atoms with Gasteiger partial charge in [0.1, 0.15) is 42.4 Å². The van der Waals surface area contributed by atoms with Crippen LogP contribution in [0.2, 0.25) is 0 Å². The lowest BCUT2D eigenvalue weighted by atomic mass is 10.1. The second-order valence-electron chi connectivity index (χ2n) is 9.30. The quantitative estimate of drug-likeness (QED) is 0.0704. The average Bonchev–Trinajstić information content (AvgIpc) is 2.88. The molecule has 1 heterocycles. The Bertz CT molecular complexity index is 1130. The Kier molecular flexibility index (Phi) is 15.7. The highest BCUT2D eigenvalue weighted by Gasteiger charge is 2.29. The van der Waals surface area contributed by atoms with E-state index in [9.17, 15) is 30.0 Å². The van der Waals surface area contributed by atoms with Crippen LogP contribution in [0.4, 0.5) is 4.79 Å². The SMILES string of the molecule is CC(O)C(O)C(O)C(C)O.CC(O)C(O)C(ONCCNC(=O)OCc1cc(=O)oc2cc(O)c(Br)cc12)C(C)O. The standard InChI is InChI=1S/C19H25BrN2O9.C6H14O4/c1-9(23)17(27)18(10(2)24)31-22-4-3-21-19(28)29-8-11-5-16(26)30-15-7-14(25)13(20)6-12(11)15;1-3(7)5(9)6(10)4(2)8/h5-7,9-10,17-18,22-25,27H,3-4,8H2,1-2H3,(H,21,28);3-10H,1-2H3. The molecular weight excluding hydrogens is 616 g/mol. The fourth-order valence-corrected chi connectivity index (χ4v) is 3.56. The minimum atomic E-state index is -1.30. The number of phenolic OH excluding ortho intramolecular Hbond substituents is 1. The molecule has 0 fully saturated rings. The van der Waals surface area contributed by atoms with Gasteiger partial charge in [-0.25, -0.2) is 15.1 Å². The van der Waals surface area contributed by atoms with Crippen molar-refractivity contribution in [2.75, 3.05) is 13.1 Å². The lowest BCUT2D eigenvalue weighted by Gasteiger charge is -2.27. The lowest BCUT2D eigenvalue weighted by Crippen LogP contribution is -2.47. The predicted octanol–water partition coefficient (Wildman–Crippen LogP) is -1.03. The number of phenols is 1. The smallest absolute Gasteiger partial charge is 0.407 e. The van der Waals surface area contributed by atoms with Crippen molar-refractivity contribution in [1.82, 2.24) is 10.8 Å². The van der Waals surface area contributed by atoms with Crippen LogP contribution in [0, 0.1) is 0 Å². The molecule has 8 unspecified atom stereocenters. The molecule has 2 aromatic rings. The number of nitrogens with one attached hydrogen (secondary N) is 2. The third kappa shape index (κ3) is 12.2. The number of halogens is 1. The van der Waals surface area contributed by atoms with Gasteiger partial charge in [-0.05, 0) is 49.7 Å². The topological polar surface area (TPSA) is 252 Å². The highest BCUT2D eigenvalue weighted by Crippen LogP contribution is 2.30. The van der Waals surface area contributed by atoms with Crippen LogP contribution in [-0.4, -0.2) is 109 Å². The van der Waals surface area contributed by atoms with E-state index >= 15 is 0 Å². The number of benzene rings is 1. The number of alkyl carbamates (subject to hydrolysis) is 1. The van der Waals surface area contributed by atoms with E-state index in [-0.39, 0.29) is 31.0 Å². The molecule has 0 bridgehead atoms. The third-order valence-electron chi connectivity index (χ3n) is 5.62. The molecule has 0 saturated heterocycles. The van der Waals surface area contributed by atoms with Gasteiger partial charge in [-0.1, -0.05) is 0 Å². The second-order valence-corrected chi connectivity index (χ2v) is 10.2. The summed E-state index contributed by atoms with van der Waals surface area (Å²) in [6.07, 6.45) is -9.87. The summed E-state index contributed by atoms with van der Waals surface area (Å²) in [6, 6.07) is 4.02. The number of hydroxylamine groups is 1. The largest absolute Gasteiger partial charge is 0.507 e. The summed E-state index contributed by atoms with van der Waals surface area (Å²) < 4.78 is 10.5. The van der Waals surface area contributed by atoms with Crippen molar-refractivity contribution in [2.45, 2.75) is 83.1 Å². The summed E-state index contributed by atoms with van der Waals surface area (Å²) in [7, 11) is 0. The fourth-order valence-electron chi connectivity index (χ4n) is 3.22. The summed E-state index contributed by atoms with van der Waals surface area (Å²) in [5.74, 6) is -0.0972. The molecule has 0 aliphatic heterocycles. The van der Waals surface area contributed by atoms with Crippen LogP contribution in [0.3, 0.4) is 0 Å². The van der Waals surface area contributed by atoms with Gasteiger partial charge >= 0.3 is 11.7 Å². The number of carbonyl (C=O) groups excluding carboxylic acids is 1. The molecule has 0 saturated carbocycles. The van der Waals surface area contributed by atoms with Gasteiger partial charge in [0, 0.05) is 36.2 Å². The monoisotopic (exact) mass is 654 g/mol. The van der Waals surface area contributed by atoms with Gasteiger partial charge in [0.25, 0.3) is 0 Å². The first kappa shape index (κ1) is 36.6. The zero-order valence-electron chi connectivity index (χ0n) is 23.0. The van der Waals surface area contributed by atoms with Crippen molar-refractivity contribution >= 4 is 33.0 Å². The van der Waals surface area contributed by atoms with Gasteiger partial charge in [-0.3, -0.25) is 4.84 Å². The molecule has 0 aliphatic carbocycles. The van der Waals surface area contributed by atoms with Gasteiger partial charge in [-0.15, -0.1) is 0 Å². The van der Waals surface area contributed by atoms with E-state index in [4.69, 9.17) is 34.4 Å². The molecule has 41 heavy (non-hydrogen) atoms. The van der Waals surface area contributed by atoms with Crippen molar-refractivity contribution in [3.63, 3.8) is 0 Å². The zero-order chi connectivity index (χ0) is 31.4. The number of aromatic hydroxyl groups is 1. The second kappa shape index (κ2) is 17.5. The molecule has 0 spiro atoms. The van der Waals surface area contributed by atoms with E-state index in [2.05, 4.69) is 26.7 Å². The summed E-state index contributed by atoms with van der Waals surface area (Å²) in [5.41, 5.74) is 2.39. The number of rotatable bonds is 13. The molecule has 1 aromatic heterocycles. The highest BCUT2D eigenvalue weighted by atomic mass is 79.9. The maximum absolute atomic E-state index is 11.9. The number of aliphatic hydroxyl groups excluding tert-OH is 7. The first-order valence-corrected chi connectivity index (χ1v) is 13.4. The molecule has 16 heteroatoms. The van der Waals surface area contributed by atoms with Gasteiger partial charge in [0.05, 0.1) is 28.9 Å². The molecule has 1 aromatic carbocycles. The van der Waals surface area contributed by atoms with Crippen LogP contribution in [0.1, 0.15) is 33.3 Å². The Labute approximate surface area is 244 Å². The van der Waals surface area contributed by atoms with E-state index in [1.165, 1.54) is 39.8 Å². The lowest BCUT2D eigenvalue weighted by molar-refractivity contribution is -0.156. The van der Waals surface area contributed by atoms with E-state index in [0.717, 1.165) is 0 Å². The fraction of sp³-hybridized carbons (Fsp3) is 0.600. The summed E-state index contributed by atoms with van der Waals surface area (Å²) in [6.45, 7) is 5.46. The molecule has 2 rings (SSSR count). The van der Waals surface area contributed by atoms with Crippen LogP contribution in [0.5, 0.6) is 5.75 Å². The van der Waals surface area contributed by atoms with Crippen molar-refractivity contribution in [1.29, 1.82) is 0 Å². The normalized spacial score (nSPS) is 17.3. The van der Waals surface area contributed by atoms with Crippen LogP contribution >= 0.6 is 15.9 Å². The third-order valence-corrected chi connectivity index (χ3v) is 6.25. The number of ether oxygens (including phenoxy) is 1. The van der Waals surface area contributed by atoms with Crippen molar-refractivity contribution in [3.05, 3.63) is 38.7 Å². The van der Waals surface area contributed by atoms with Gasteiger partial charge < -0.3 is 55.3 Å². The molecule has 15 nitrogen and oxygen atoms in total. The number of carbonyl (C=O) groups is 1.